The second-order valence-electron chi connectivity index (χ2n) is 1.77. The summed E-state index contributed by atoms with van der Waals surface area (Å²) >= 11 is 3.25. The standard InChI is InChI=1S/C5H3BrN4/c6-4-3-5(9-1-7-3)10-2-8-4/h1-2,7H/q+1. The molecular formula is C5H3BrN4+. The van der Waals surface area contributed by atoms with E-state index in [0.717, 1.165) is 10.3 Å². The van der Waals surface area contributed by atoms with Crippen LogP contribution < -0.4 is 10.3 Å². The Labute approximate surface area is 65.5 Å². The maximum absolute atomic E-state index is 3.94. The molecule has 1 radical (unpaired) electrons. The van der Waals surface area contributed by atoms with Gasteiger partial charge in [0.2, 0.25) is 12.0 Å². The van der Waals surface area contributed by atoms with Crippen molar-refractivity contribution < 1.29 is 0 Å². The minimum atomic E-state index is 0.682. The molecule has 0 spiro atoms. The zero-order valence-electron chi connectivity index (χ0n) is 4.87. The number of anilines is 1. The van der Waals surface area contributed by atoms with E-state index in [1.54, 1.807) is 6.34 Å². The predicted molar refractivity (Wildman–Crippen MR) is 41.2 cm³/mol. The molecule has 2 rings (SSSR count). The monoisotopic (exact) mass is 198 g/mol. The maximum atomic E-state index is 3.94. The summed E-state index contributed by atoms with van der Waals surface area (Å²) in [6.07, 6.45) is 3.05. The Morgan fingerprint density at radius 1 is 1.50 bits per heavy atom. The van der Waals surface area contributed by atoms with Gasteiger partial charge in [0.05, 0.1) is 0 Å². The highest BCUT2D eigenvalue weighted by atomic mass is 79.9. The van der Waals surface area contributed by atoms with E-state index >= 15 is 0 Å². The molecule has 0 atom stereocenters. The minimum absolute atomic E-state index is 0.682. The zero-order chi connectivity index (χ0) is 6.97. The summed E-state index contributed by atoms with van der Waals surface area (Å²) in [5.41, 5.74) is 0.836. The first-order chi connectivity index (χ1) is 4.88. The topological polar surface area (TPSA) is 51.9 Å². The third-order valence-electron chi connectivity index (χ3n) is 1.18. The summed E-state index contributed by atoms with van der Waals surface area (Å²) in [7, 11) is 0. The largest absolute Gasteiger partial charge is 0.340 e. The van der Waals surface area contributed by atoms with E-state index in [4.69, 9.17) is 0 Å². The van der Waals surface area contributed by atoms with Gasteiger partial charge in [0.25, 0.3) is 0 Å². The predicted octanol–water partition coefficient (Wildman–Crippen LogP) is 0.660. The molecule has 0 aromatic carbocycles. The fraction of sp³-hybridized carbons (Fsp3) is 0. The van der Waals surface area contributed by atoms with Crippen LogP contribution in [0.4, 0.5) is 11.5 Å². The van der Waals surface area contributed by atoms with E-state index in [1.165, 1.54) is 6.33 Å². The third kappa shape index (κ3) is 0.706. The Hall–Kier alpha value is -0.970. The summed E-state index contributed by atoms with van der Waals surface area (Å²) in [5.74, 6) is 0.682. The number of halogens is 1. The fourth-order valence-corrected chi connectivity index (χ4v) is 1.12. The number of nitrogens with one attached hydrogen (secondary N) is 1. The summed E-state index contributed by atoms with van der Waals surface area (Å²) in [6, 6.07) is 0. The molecule has 10 heavy (non-hydrogen) atoms. The van der Waals surface area contributed by atoms with Crippen LogP contribution in [0.3, 0.4) is 0 Å². The molecule has 4 nitrogen and oxygen atoms in total. The van der Waals surface area contributed by atoms with Gasteiger partial charge in [-0.25, -0.2) is 4.98 Å². The molecule has 0 unspecified atom stereocenters. The average Bonchev–Trinajstić information content (AvgIpc) is 2.36. The third-order valence-corrected chi connectivity index (χ3v) is 1.78. The molecule has 1 aliphatic rings. The van der Waals surface area contributed by atoms with Gasteiger partial charge in [-0.15, -0.1) is 0 Å². The second-order valence-corrected chi connectivity index (χ2v) is 2.52. The number of nitrogens with zero attached hydrogens (tertiary/aromatic N) is 3. The maximum Gasteiger partial charge on any atom is 0.340 e. The lowest BCUT2D eigenvalue weighted by atomic mass is 10.5. The lowest BCUT2D eigenvalue weighted by Crippen LogP contribution is -1.90. The highest BCUT2D eigenvalue weighted by Gasteiger charge is 2.20. The van der Waals surface area contributed by atoms with E-state index in [0.29, 0.717) is 5.82 Å². The van der Waals surface area contributed by atoms with E-state index in [2.05, 4.69) is 36.2 Å². The van der Waals surface area contributed by atoms with Crippen molar-refractivity contribution in [3.8, 4) is 0 Å². The van der Waals surface area contributed by atoms with Crippen LogP contribution in [-0.4, -0.2) is 16.3 Å². The summed E-state index contributed by atoms with van der Waals surface area (Å²) in [6.45, 7) is 0. The average molecular weight is 199 g/mol. The number of aromatic nitrogens is 2. The van der Waals surface area contributed by atoms with Gasteiger partial charge in [-0.2, -0.15) is 0 Å². The van der Waals surface area contributed by atoms with Crippen molar-refractivity contribution in [1.82, 2.24) is 15.0 Å². The molecule has 0 saturated heterocycles. The van der Waals surface area contributed by atoms with Gasteiger partial charge in [0, 0.05) is 0 Å². The van der Waals surface area contributed by atoms with Gasteiger partial charge >= 0.3 is 5.82 Å². The smallest absolute Gasteiger partial charge is 0.269 e. The van der Waals surface area contributed by atoms with Crippen molar-refractivity contribution in [2.45, 2.75) is 0 Å². The quantitative estimate of drug-likeness (QED) is 0.624. The van der Waals surface area contributed by atoms with Crippen molar-refractivity contribution in [2.24, 2.45) is 0 Å². The van der Waals surface area contributed by atoms with Gasteiger partial charge in [0.15, 0.2) is 10.9 Å². The normalized spacial score (nSPS) is 12.9. The molecule has 1 aromatic rings. The molecule has 0 amide bonds. The van der Waals surface area contributed by atoms with Crippen LogP contribution in [0.1, 0.15) is 0 Å². The van der Waals surface area contributed by atoms with Crippen molar-refractivity contribution in [1.29, 1.82) is 0 Å². The molecule has 5 heteroatoms. The number of aliphatic imine (C=N–C) groups is 1. The van der Waals surface area contributed by atoms with E-state index < -0.39 is 0 Å². The number of rotatable bonds is 0. The van der Waals surface area contributed by atoms with Crippen molar-refractivity contribution in [3.05, 3.63) is 10.9 Å². The first-order valence-corrected chi connectivity index (χ1v) is 3.47. The lowest BCUT2D eigenvalue weighted by Gasteiger charge is -1.88. The number of hydrogen-bond acceptors (Lipinski definition) is 4. The van der Waals surface area contributed by atoms with Crippen LogP contribution in [0, 0.1) is 0 Å². The first kappa shape index (κ1) is 5.79. The SMILES string of the molecule is Brc1ncnc2c1NC=[N+]2. The van der Waals surface area contributed by atoms with Crippen LogP contribution in [0.2, 0.25) is 0 Å². The van der Waals surface area contributed by atoms with Crippen LogP contribution in [0.15, 0.2) is 10.9 Å². The molecule has 0 bridgehead atoms. The Balaban J connectivity index is 2.66. The van der Waals surface area contributed by atoms with E-state index in [1.807, 2.05) is 0 Å². The highest BCUT2D eigenvalue weighted by Crippen LogP contribution is 2.26. The molecule has 2 heterocycles. The van der Waals surface area contributed by atoms with Crippen molar-refractivity contribution in [2.75, 3.05) is 5.32 Å². The van der Waals surface area contributed by atoms with E-state index in [9.17, 15) is 0 Å². The van der Waals surface area contributed by atoms with Crippen LogP contribution in [-0.2, 0) is 0 Å². The summed E-state index contributed by atoms with van der Waals surface area (Å²) < 4.78 is 0.745. The van der Waals surface area contributed by atoms with Crippen molar-refractivity contribution >= 4 is 33.8 Å². The Morgan fingerprint density at radius 3 is 3.20 bits per heavy atom. The fourth-order valence-electron chi connectivity index (χ4n) is 0.736. The number of hydrogen-bond donors (Lipinski definition) is 1. The van der Waals surface area contributed by atoms with Gasteiger partial charge in [0.1, 0.15) is 0 Å². The number of fused-ring (bicyclic) bond motifs is 1. The lowest BCUT2D eigenvalue weighted by molar-refractivity contribution is 1.12. The van der Waals surface area contributed by atoms with Crippen LogP contribution >= 0.6 is 15.9 Å². The Kier molecular flexibility index (Phi) is 1.17. The molecule has 0 fully saturated rings. The minimum Gasteiger partial charge on any atom is -0.269 e. The van der Waals surface area contributed by atoms with Gasteiger partial charge in [-0.05, 0) is 15.9 Å². The summed E-state index contributed by atoms with van der Waals surface area (Å²) in [5, 5.41) is 2.90. The Bertz CT molecular complexity index is 296. The van der Waals surface area contributed by atoms with Gasteiger partial charge in [-0.1, -0.05) is 9.98 Å². The van der Waals surface area contributed by atoms with Crippen LogP contribution in [0.5, 0.6) is 0 Å². The first-order valence-electron chi connectivity index (χ1n) is 2.67. The molecule has 0 aliphatic carbocycles. The van der Waals surface area contributed by atoms with Crippen molar-refractivity contribution in [3.63, 3.8) is 0 Å². The van der Waals surface area contributed by atoms with Gasteiger partial charge in [-0.3, -0.25) is 5.32 Å². The van der Waals surface area contributed by atoms with Crippen LogP contribution in [0.25, 0.3) is 0 Å². The Morgan fingerprint density at radius 2 is 2.40 bits per heavy atom. The van der Waals surface area contributed by atoms with Gasteiger partial charge < -0.3 is 0 Å². The molecule has 0 saturated carbocycles. The molecule has 1 aromatic heterocycles. The van der Waals surface area contributed by atoms with E-state index in [-0.39, 0.29) is 0 Å². The second kappa shape index (κ2) is 2.02. The highest BCUT2D eigenvalue weighted by molar-refractivity contribution is 9.10. The molecule has 49 valence electrons. The zero-order valence-corrected chi connectivity index (χ0v) is 6.46. The molecule has 1 N–H and O–H groups in total. The molecular weight excluding hydrogens is 196 g/mol. The summed E-state index contributed by atoms with van der Waals surface area (Å²) in [4.78, 5) is 11.8. The molecule has 1 aliphatic heterocycles.